The van der Waals surface area contributed by atoms with Crippen molar-refractivity contribution < 1.29 is 14.6 Å². The van der Waals surface area contributed by atoms with Gasteiger partial charge in [0, 0.05) is 6.07 Å². The van der Waals surface area contributed by atoms with Crippen LogP contribution in [0.25, 0.3) is 10.8 Å². The lowest BCUT2D eigenvalue weighted by Crippen LogP contribution is -2.08. The minimum atomic E-state index is -0.413. The lowest BCUT2D eigenvalue weighted by Gasteiger charge is -2.15. The average molecular weight is 291 g/mol. The molecule has 2 rings (SSSR count). The van der Waals surface area contributed by atoms with E-state index in [4.69, 9.17) is 9.68 Å². The molecule has 2 aromatic carbocycles. The Hall–Kier alpha value is -2.38. The topological polar surface area (TPSA) is 85.7 Å². The molecule has 0 atom stereocenters. The Bertz CT molecular complexity index is 645. The van der Waals surface area contributed by atoms with Crippen LogP contribution in [0, 0.1) is 10.1 Å². The first kappa shape index (κ1) is 15.0. The van der Waals surface area contributed by atoms with Crippen molar-refractivity contribution in [3.05, 3.63) is 40.4 Å². The molecule has 112 valence electrons. The number of rotatable bonds is 7. The number of nitrogens with one attached hydrogen (secondary N) is 2. The molecule has 21 heavy (non-hydrogen) atoms. The second kappa shape index (κ2) is 6.87. The van der Waals surface area contributed by atoms with Gasteiger partial charge in [0.2, 0.25) is 0 Å². The van der Waals surface area contributed by atoms with Crippen LogP contribution in [0.1, 0.15) is 13.8 Å². The van der Waals surface area contributed by atoms with Crippen LogP contribution in [0.3, 0.4) is 0 Å². The molecule has 0 heterocycles. The normalized spacial score (nSPS) is 10.6. The average Bonchev–Trinajstić information content (AvgIpc) is 2.50. The molecule has 0 aromatic heterocycles. The van der Waals surface area contributed by atoms with Gasteiger partial charge in [0.05, 0.1) is 29.2 Å². The van der Waals surface area contributed by atoms with Gasteiger partial charge in [-0.2, -0.15) is 0 Å². The zero-order valence-corrected chi connectivity index (χ0v) is 11.9. The molecule has 0 aliphatic carbocycles. The van der Waals surface area contributed by atoms with E-state index in [1.54, 1.807) is 18.2 Å². The van der Waals surface area contributed by atoms with Gasteiger partial charge in [-0.1, -0.05) is 18.2 Å². The fraction of sp³-hybridized carbons (Fsp3) is 0.286. The van der Waals surface area contributed by atoms with Gasteiger partial charge < -0.3 is 0 Å². The highest BCUT2D eigenvalue weighted by molar-refractivity contribution is 6.05. The molecule has 0 fully saturated rings. The zero-order valence-electron chi connectivity index (χ0n) is 11.9. The number of hydrogen-bond acceptors (Lipinski definition) is 6. The Morgan fingerprint density at radius 3 is 2.48 bits per heavy atom. The number of non-ortho nitro benzene ring substituents is 1. The highest BCUT2D eigenvalue weighted by Crippen LogP contribution is 2.37. The van der Waals surface area contributed by atoms with Crippen LogP contribution in [0.15, 0.2) is 30.3 Å². The van der Waals surface area contributed by atoms with E-state index in [1.807, 2.05) is 19.9 Å². The van der Waals surface area contributed by atoms with Gasteiger partial charge in [-0.15, -0.1) is 0 Å². The largest absolute Gasteiger partial charge is 0.279 e. The number of nitro groups is 1. The standard InChI is InChI=1S/C14H17N3O4/c1-3-20-15-11-9-8-10-6-5-7-12(17(18)19)13(10)14(11)16-21-4-2/h5-9,15-16H,3-4H2,1-2H3. The minimum Gasteiger partial charge on any atom is -0.276 e. The van der Waals surface area contributed by atoms with E-state index < -0.39 is 4.92 Å². The van der Waals surface area contributed by atoms with Crippen molar-refractivity contribution in [2.24, 2.45) is 0 Å². The van der Waals surface area contributed by atoms with E-state index in [0.29, 0.717) is 30.0 Å². The van der Waals surface area contributed by atoms with Crippen molar-refractivity contribution in [3.63, 3.8) is 0 Å². The lowest BCUT2D eigenvalue weighted by atomic mass is 10.1. The van der Waals surface area contributed by atoms with Crippen molar-refractivity contribution in [1.29, 1.82) is 0 Å². The van der Waals surface area contributed by atoms with Gasteiger partial charge in [-0.25, -0.2) is 0 Å². The molecular weight excluding hydrogens is 274 g/mol. The van der Waals surface area contributed by atoms with Crippen LogP contribution in [0.4, 0.5) is 17.1 Å². The quantitative estimate of drug-likeness (QED) is 0.600. The number of hydrogen-bond donors (Lipinski definition) is 2. The first-order valence-corrected chi connectivity index (χ1v) is 6.64. The number of benzene rings is 2. The van der Waals surface area contributed by atoms with Crippen LogP contribution >= 0.6 is 0 Å². The second-order valence-electron chi connectivity index (χ2n) is 4.19. The van der Waals surface area contributed by atoms with Crippen LogP contribution in [0.5, 0.6) is 0 Å². The summed E-state index contributed by atoms with van der Waals surface area (Å²) in [6, 6.07) is 8.50. The van der Waals surface area contributed by atoms with E-state index >= 15 is 0 Å². The first-order valence-electron chi connectivity index (χ1n) is 6.64. The molecular formula is C14H17N3O4. The fourth-order valence-electron chi connectivity index (χ4n) is 2.00. The van der Waals surface area contributed by atoms with Gasteiger partial charge >= 0.3 is 0 Å². The van der Waals surface area contributed by atoms with Gasteiger partial charge in [0.15, 0.2) is 0 Å². The number of nitro benzene ring substituents is 1. The molecule has 7 nitrogen and oxygen atoms in total. The Balaban J connectivity index is 2.63. The summed E-state index contributed by atoms with van der Waals surface area (Å²) in [5.74, 6) is 0. The maximum Gasteiger partial charge on any atom is 0.279 e. The Morgan fingerprint density at radius 2 is 1.81 bits per heavy atom. The third kappa shape index (κ3) is 3.21. The molecule has 7 heteroatoms. The van der Waals surface area contributed by atoms with Crippen molar-refractivity contribution in [2.75, 3.05) is 24.2 Å². The molecule has 0 spiro atoms. The summed E-state index contributed by atoms with van der Waals surface area (Å²) in [6.07, 6.45) is 0. The van der Waals surface area contributed by atoms with Crippen molar-refractivity contribution in [3.8, 4) is 0 Å². The third-order valence-electron chi connectivity index (χ3n) is 2.87. The molecule has 0 aliphatic rings. The van der Waals surface area contributed by atoms with Crippen LogP contribution in [0.2, 0.25) is 0 Å². The molecule has 0 amide bonds. The number of anilines is 2. The molecule has 0 bridgehead atoms. The second-order valence-corrected chi connectivity index (χ2v) is 4.19. The summed E-state index contributed by atoms with van der Waals surface area (Å²) in [5.41, 5.74) is 6.59. The molecule has 0 radical (unpaired) electrons. The van der Waals surface area contributed by atoms with Gasteiger partial charge in [0.25, 0.3) is 5.69 Å². The maximum atomic E-state index is 11.3. The monoisotopic (exact) mass is 291 g/mol. The van der Waals surface area contributed by atoms with E-state index in [1.165, 1.54) is 6.07 Å². The lowest BCUT2D eigenvalue weighted by molar-refractivity contribution is -0.383. The summed E-state index contributed by atoms with van der Waals surface area (Å²) < 4.78 is 0. The number of nitrogens with zero attached hydrogens (tertiary/aromatic N) is 1. The van der Waals surface area contributed by atoms with Crippen LogP contribution < -0.4 is 11.0 Å². The number of fused-ring (bicyclic) bond motifs is 1. The highest BCUT2D eigenvalue weighted by Gasteiger charge is 2.18. The predicted molar refractivity (Wildman–Crippen MR) is 81.1 cm³/mol. The van der Waals surface area contributed by atoms with Crippen molar-refractivity contribution in [1.82, 2.24) is 0 Å². The summed E-state index contributed by atoms with van der Waals surface area (Å²) >= 11 is 0. The van der Waals surface area contributed by atoms with Crippen molar-refractivity contribution >= 4 is 27.8 Å². The van der Waals surface area contributed by atoms with E-state index in [-0.39, 0.29) is 5.69 Å². The molecule has 2 N–H and O–H groups in total. The van der Waals surface area contributed by atoms with E-state index in [2.05, 4.69) is 11.0 Å². The van der Waals surface area contributed by atoms with Crippen molar-refractivity contribution in [2.45, 2.75) is 13.8 Å². The predicted octanol–water partition coefficient (Wildman–Crippen LogP) is 3.47. The third-order valence-corrected chi connectivity index (χ3v) is 2.87. The smallest absolute Gasteiger partial charge is 0.276 e. The molecule has 0 unspecified atom stereocenters. The molecule has 0 saturated heterocycles. The van der Waals surface area contributed by atoms with Gasteiger partial charge in [0.1, 0.15) is 5.69 Å². The SMILES string of the molecule is CCONc1ccc2cccc([N+](=O)[O-])c2c1NOCC. The summed E-state index contributed by atoms with van der Waals surface area (Å²) in [4.78, 5) is 21.2. The van der Waals surface area contributed by atoms with Gasteiger partial charge in [-0.3, -0.25) is 30.7 Å². The summed E-state index contributed by atoms with van der Waals surface area (Å²) in [5, 5.41) is 12.5. The zero-order chi connectivity index (χ0) is 15.2. The van der Waals surface area contributed by atoms with Crippen LogP contribution in [-0.4, -0.2) is 18.1 Å². The maximum absolute atomic E-state index is 11.3. The molecule has 0 aliphatic heterocycles. The fourth-order valence-corrected chi connectivity index (χ4v) is 2.00. The van der Waals surface area contributed by atoms with Crippen LogP contribution in [-0.2, 0) is 9.68 Å². The Kier molecular flexibility index (Phi) is 4.91. The highest BCUT2D eigenvalue weighted by atomic mass is 16.7. The van der Waals surface area contributed by atoms with Gasteiger partial charge in [-0.05, 0) is 25.3 Å². The first-order chi connectivity index (χ1) is 10.2. The Labute approximate surface area is 121 Å². The summed E-state index contributed by atoms with van der Waals surface area (Å²) in [7, 11) is 0. The van der Waals surface area contributed by atoms with E-state index in [0.717, 1.165) is 5.39 Å². The van der Waals surface area contributed by atoms with E-state index in [9.17, 15) is 10.1 Å². The minimum absolute atomic E-state index is 0.00912. The molecule has 0 saturated carbocycles. The Morgan fingerprint density at radius 1 is 1.10 bits per heavy atom. The summed E-state index contributed by atoms with van der Waals surface area (Å²) in [6.45, 7) is 4.54. The molecule has 2 aromatic rings.